The van der Waals surface area contributed by atoms with Crippen molar-refractivity contribution < 1.29 is 9.59 Å². The molecule has 2 amide bonds. The molecule has 1 aromatic heterocycles. The summed E-state index contributed by atoms with van der Waals surface area (Å²) in [6.07, 6.45) is 1.89. The maximum Gasteiger partial charge on any atom is 0.238 e. The SMILES string of the molecule is CCC(=O)Nc1ccc2ncnc(Nc3cccc(NC(=O)CN(CC)CC)c3)c2c1. The van der Waals surface area contributed by atoms with E-state index in [9.17, 15) is 9.59 Å². The molecule has 0 aliphatic heterocycles. The summed E-state index contributed by atoms with van der Waals surface area (Å²) < 4.78 is 0. The van der Waals surface area contributed by atoms with Crippen LogP contribution in [0.5, 0.6) is 0 Å². The minimum Gasteiger partial charge on any atom is -0.340 e. The zero-order valence-corrected chi connectivity index (χ0v) is 18.1. The number of fused-ring (bicyclic) bond motifs is 1. The van der Waals surface area contributed by atoms with Gasteiger partial charge in [-0.1, -0.05) is 26.8 Å². The predicted octanol–water partition coefficient (Wildman–Crippen LogP) is 4.00. The zero-order chi connectivity index (χ0) is 22.2. The number of benzene rings is 2. The van der Waals surface area contributed by atoms with Crippen LogP contribution in [0.4, 0.5) is 22.9 Å². The molecule has 31 heavy (non-hydrogen) atoms. The summed E-state index contributed by atoms with van der Waals surface area (Å²) in [4.78, 5) is 34.8. The quantitative estimate of drug-likeness (QED) is 0.484. The van der Waals surface area contributed by atoms with Crippen molar-refractivity contribution in [2.24, 2.45) is 0 Å². The van der Waals surface area contributed by atoms with E-state index in [-0.39, 0.29) is 11.8 Å². The highest BCUT2D eigenvalue weighted by molar-refractivity contribution is 5.97. The van der Waals surface area contributed by atoms with Gasteiger partial charge in [-0.05, 0) is 49.5 Å². The van der Waals surface area contributed by atoms with Crippen molar-refractivity contribution in [1.82, 2.24) is 14.9 Å². The molecule has 0 fully saturated rings. The highest BCUT2D eigenvalue weighted by atomic mass is 16.2. The maximum atomic E-state index is 12.3. The average Bonchev–Trinajstić information content (AvgIpc) is 2.78. The van der Waals surface area contributed by atoms with E-state index in [0.717, 1.165) is 29.7 Å². The molecule has 8 heteroatoms. The van der Waals surface area contributed by atoms with Crippen LogP contribution in [-0.2, 0) is 9.59 Å². The molecule has 0 aliphatic carbocycles. The van der Waals surface area contributed by atoms with E-state index in [4.69, 9.17) is 0 Å². The Labute approximate surface area is 182 Å². The van der Waals surface area contributed by atoms with E-state index < -0.39 is 0 Å². The van der Waals surface area contributed by atoms with Crippen molar-refractivity contribution in [1.29, 1.82) is 0 Å². The molecular formula is C23H28N6O2. The van der Waals surface area contributed by atoms with Crippen LogP contribution in [0.2, 0.25) is 0 Å². The lowest BCUT2D eigenvalue weighted by Crippen LogP contribution is -2.32. The summed E-state index contributed by atoms with van der Waals surface area (Å²) in [7, 11) is 0. The standard InChI is InChI=1S/C23H28N6O2/c1-4-21(30)26-18-10-11-20-19(13-18)23(25-15-24-20)28-17-9-7-8-16(12-17)27-22(31)14-29(5-2)6-3/h7-13,15H,4-6,14H2,1-3H3,(H,26,30)(H,27,31)(H,24,25,28). The molecule has 0 aliphatic rings. The van der Waals surface area contributed by atoms with Gasteiger partial charge in [0.2, 0.25) is 11.8 Å². The highest BCUT2D eigenvalue weighted by Crippen LogP contribution is 2.27. The monoisotopic (exact) mass is 420 g/mol. The second-order valence-corrected chi connectivity index (χ2v) is 7.07. The normalized spacial score (nSPS) is 10.8. The number of hydrogen-bond acceptors (Lipinski definition) is 6. The Morgan fingerprint density at radius 2 is 1.58 bits per heavy atom. The van der Waals surface area contributed by atoms with Gasteiger partial charge in [0.1, 0.15) is 12.1 Å². The summed E-state index contributed by atoms with van der Waals surface area (Å²) in [6.45, 7) is 7.88. The maximum absolute atomic E-state index is 12.3. The van der Waals surface area contributed by atoms with E-state index >= 15 is 0 Å². The van der Waals surface area contributed by atoms with Gasteiger partial charge in [-0.25, -0.2) is 9.97 Å². The molecule has 0 atom stereocenters. The van der Waals surface area contributed by atoms with Crippen LogP contribution in [0.25, 0.3) is 10.9 Å². The summed E-state index contributed by atoms with van der Waals surface area (Å²) in [5, 5.41) is 9.87. The van der Waals surface area contributed by atoms with Crippen LogP contribution in [0.3, 0.4) is 0 Å². The fourth-order valence-corrected chi connectivity index (χ4v) is 3.15. The second-order valence-electron chi connectivity index (χ2n) is 7.07. The summed E-state index contributed by atoms with van der Waals surface area (Å²) in [6, 6.07) is 13.0. The minimum absolute atomic E-state index is 0.0513. The van der Waals surface area contributed by atoms with Gasteiger partial charge >= 0.3 is 0 Å². The predicted molar refractivity (Wildman–Crippen MR) is 125 cm³/mol. The summed E-state index contributed by atoms with van der Waals surface area (Å²) in [5.41, 5.74) is 2.94. The Bertz CT molecular complexity index is 1060. The molecule has 0 bridgehead atoms. The van der Waals surface area contributed by atoms with Crippen molar-refractivity contribution >= 4 is 45.6 Å². The van der Waals surface area contributed by atoms with Gasteiger partial charge in [-0.2, -0.15) is 0 Å². The van der Waals surface area contributed by atoms with Crippen LogP contribution in [0.15, 0.2) is 48.8 Å². The Balaban J connectivity index is 1.79. The molecule has 2 aromatic carbocycles. The topological polar surface area (TPSA) is 99.2 Å². The van der Waals surface area contributed by atoms with Crippen LogP contribution in [0, 0.1) is 0 Å². The smallest absolute Gasteiger partial charge is 0.238 e. The largest absolute Gasteiger partial charge is 0.340 e. The minimum atomic E-state index is -0.0566. The van der Waals surface area contributed by atoms with Gasteiger partial charge in [-0.15, -0.1) is 0 Å². The molecule has 0 spiro atoms. The van der Waals surface area contributed by atoms with Gasteiger partial charge in [-0.3, -0.25) is 14.5 Å². The zero-order valence-electron chi connectivity index (χ0n) is 18.1. The lowest BCUT2D eigenvalue weighted by atomic mass is 10.2. The van der Waals surface area contributed by atoms with Crippen molar-refractivity contribution in [3.05, 3.63) is 48.8 Å². The molecule has 1 heterocycles. The van der Waals surface area contributed by atoms with Crippen molar-refractivity contribution in [2.75, 3.05) is 35.6 Å². The van der Waals surface area contributed by atoms with E-state index in [2.05, 4.69) is 30.8 Å². The number of carbonyl (C=O) groups excluding carboxylic acids is 2. The third kappa shape index (κ3) is 5.99. The van der Waals surface area contributed by atoms with Crippen LogP contribution in [0.1, 0.15) is 27.2 Å². The lowest BCUT2D eigenvalue weighted by molar-refractivity contribution is -0.117. The van der Waals surface area contributed by atoms with Gasteiger partial charge < -0.3 is 16.0 Å². The van der Waals surface area contributed by atoms with Crippen LogP contribution < -0.4 is 16.0 Å². The molecule has 0 unspecified atom stereocenters. The number of likely N-dealkylation sites (N-methyl/N-ethyl adjacent to an activating group) is 1. The van der Waals surface area contributed by atoms with Gasteiger partial charge in [0.15, 0.2) is 0 Å². The number of nitrogens with one attached hydrogen (secondary N) is 3. The number of rotatable bonds is 9. The average molecular weight is 421 g/mol. The Kier molecular flexibility index (Phi) is 7.50. The molecule has 3 rings (SSSR count). The first-order valence-electron chi connectivity index (χ1n) is 10.5. The molecule has 0 radical (unpaired) electrons. The third-order valence-corrected chi connectivity index (χ3v) is 4.91. The van der Waals surface area contributed by atoms with Gasteiger partial charge in [0.25, 0.3) is 0 Å². The molecule has 0 saturated heterocycles. The van der Waals surface area contributed by atoms with Crippen molar-refractivity contribution in [2.45, 2.75) is 27.2 Å². The Morgan fingerprint density at radius 1 is 0.871 bits per heavy atom. The second kappa shape index (κ2) is 10.5. The number of aromatic nitrogens is 2. The third-order valence-electron chi connectivity index (χ3n) is 4.91. The Hall–Kier alpha value is -3.52. The molecule has 0 saturated carbocycles. The molecule has 3 aromatic rings. The Morgan fingerprint density at radius 3 is 2.32 bits per heavy atom. The number of carbonyl (C=O) groups is 2. The van der Waals surface area contributed by atoms with Crippen LogP contribution >= 0.6 is 0 Å². The van der Waals surface area contributed by atoms with Crippen molar-refractivity contribution in [3.63, 3.8) is 0 Å². The van der Waals surface area contributed by atoms with E-state index in [1.54, 1.807) is 6.92 Å². The number of hydrogen-bond donors (Lipinski definition) is 3. The number of nitrogens with zero attached hydrogens (tertiary/aromatic N) is 3. The number of anilines is 4. The lowest BCUT2D eigenvalue weighted by Gasteiger charge is -2.17. The molecular weight excluding hydrogens is 392 g/mol. The highest BCUT2D eigenvalue weighted by Gasteiger charge is 2.10. The molecule has 3 N–H and O–H groups in total. The molecule has 162 valence electrons. The first kappa shape index (κ1) is 22.2. The summed E-state index contributed by atoms with van der Waals surface area (Å²) >= 11 is 0. The first-order chi connectivity index (χ1) is 15.0. The van der Waals surface area contributed by atoms with Gasteiger partial charge in [0, 0.05) is 28.9 Å². The first-order valence-corrected chi connectivity index (χ1v) is 10.5. The van der Waals surface area contributed by atoms with E-state index in [0.29, 0.717) is 30.2 Å². The van der Waals surface area contributed by atoms with Crippen LogP contribution in [-0.4, -0.2) is 46.3 Å². The van der Waals surface area contributed by atoms with Gasteiger partial charge in [0.05, 0.1) is 12.1 Å². The molecule has 8 nitrogen and oxygen atoms in total. The fraction of sp³-hybridized carbons (Fsp3) is 0.304. The van der Waals surface area contributed by atoms with E-state index in [1.165, 1.54) is 6.33 Å². The van der Waals surface area contributed by atoms with E-state index in [1.807, 2.05) is 56.3 Å². The number of amides is 2. The summed E-state index contributed by atoms with van der Waals surface area (Å²) in [5.74, 6) is 0.507. The fourth-order valence-electron chi connectivity index (χ4n) is 3.15. The van der Waals surface area contributed by atoms with Crippen molar-refractivity contribution in [3.8, 4) is 0 Å².